The molecule has 0 saturated carbocycles. The quantitative estimate of drug-likeness (QED) is 0.836. The molecule has 2 aromatic heterocycles. The lowest BCUT2D eigenvalue weighted by Crippen LogP contribution is -2.27. The molecule has 0 N–H and O–H groups in total. The lowest BCUT2D eigenvalue weighted by Gasteiger charge is -2.15. The van der Waals surface area contributed by atoms with E-state index in [-0.39, 0.29) is 5.91 Å². The third-order valence-corrected chi connectivity index (χ3v) is 4.80. The number of thiophene rings is 2. The molecule has 0 aliphatic rings. The summed E-state index contributed by atoms with van der Waals surface area (Å²) in [6.45, 7) is 0.673. The first-order valence-corrected chi connectivity index (χ1v) is 7.69. The van der Waals surface area contributed by atoms with Crippen molar-refractivity contribution in [1.82, 2.24) is 4.90 Å². The third kappa shape index (κ3) is 3.66. The van der Waals surface area contributed by atoms with Crippen LogP contribution in [0.25, 0.3) is 0 Å². The highest BCUT2D eigenvalue weighted by Crippen LogP contribution is 2.21. The summed E-state index contributed by atoms with van der Waals surface area (Å²) >= 11 is 6.69. The minimum atomic E-state index is 0.162. The second kappa shape index (κ2) is 5.80. The molecule has 0 fully saturated rings. The zero-order chi connectivity index (χ0) is 12.3. The second-order valence-electron chi connectivity index (χ2n) is 3.77. The maximum Gasteiger partial charge on any atom is 0.227 e. The summed E-state index contributed by atoms with van der Waals surface area (Å²) in [6.07, 6.45) is 0.499. The zero-order valence-electron chi connectivity index (χ0n) is 9.35. The largest absolute Gasteiger partial charge is 0.341 e. The summed E-state index contributed by atoms with van der Waals surface area (Å²) in [5.74, 6) is 0.162. The highest BCUT2D eigenvalue weighted by Gasteiger charge is 2.11. The normalized spacial score (nSPS) is 10.5. The van der Waals surface area contributed by atoms with Crippen molar-refractivity contribution in [3.05, 3.63) is 43.2 Å². The average molecular weight is 330 g/mol. The predicted octanol–water partition coefficient (Wildman–Crippen LogP) is 3.77. The fourth-order valence-electron chi connectivity index (χ4n) is 1.49. The van der Waals surface area contributed by atoms with E-state index in [2.05, 4.69) is 27.4 Å². The van der Waals surface area contributed by atoms with Crippen LogP contribution in [0.15, 0.2) is 32.7 Å². The fourth-order valence-corrected chi connectivity index (χ4v) is 3.38. The highest BCUT2D eigenvalue weighted by molar-refractivity contribution is 9.11. The van der Waals surface area contributed by atoms with Gasteiger partial charge in [-0.2, -0.15) is 0 Å². The maximum atomic E-state index is 11.9. The van der Waals surface area contributed by atoms with Gasteiger partial charge in [-0.05, 0) is 44.4 Å². The fraction of sp³-hybridized carbons (Fsp3) is 0.250. The van der Waals surface area contributed by atoms with Gasteiger partial charge < -0.3 is 4.90 Å². The van der Waals surface area contributed by atoms with Gasteiger partial charge >= 0.3 is 0 Å². The Labute approximate surface area is 117 Å². The Morgan fingerprint density at radius 3 is 2.88 bits per heavy atom. The van der Waals surface area contributed by atoms with Crippen LogP contribution in [-0.4, -0.2) is 17.9 Å². The van der Waals surface area contributed by atoms with Gasteiger partial charge in [0.25, 0.3) is 0 Å². The summed E-state index contributed by atoms with van der Waals surface area (Å²) in [5.41, 5.74) is 1.17. The van der Waals surface area contributed by atoms with Crippen LogP contribution in [0.2, 0.25) is 0 Å². The van der Waals surface area contributed by atoms with Crippen molar-refractivity contribution in [3.8, 4) is 0 Å². The molecule has 2 nitrogen and oxygen atoms in total. The van der Waals surface area contributed by atoms with Crippen LogP contribution in [0, 0.1) is 0 Å². The van der Waals surface area contributed by atoms with Crippen LogP contribution in [0.5, 0.6) is 0 Å². The molecule has 90 valence electrons. The maximum absolute atomic E-state index is 11.9. The minimum absolute atomic E-state index is 0.162. The molecular weight excluding hydrogens is 318 g/mol. The molecule has 2 heterocycles. The van der Waals surface area contributed by atoms with Crippen molar-refractivity contribution in [1.29, 1.82) is 0 Å². The summed E-state index contributed by atoms with van der Waals surface area (Å²) in [5, 5.41) is 4.07. The average Bonchev–Trinajstić information content (AvgIpc) is 2.90. The molecule has 0 aromatic carbocycles. The van der Waals surface area contributed by atoms with E-state index in [1.807, 2.05) is 24.6 Å². The predicted molar refractivity (Wildman–Crippen MR) is 76.5 cm³/mol. The van der Waals surface area contributed by atoms with Crippen LogP contribution in [0.3, 0.4) is 0 Å². The van der Waals surface area contributed by atoms with Gasteiger partial charge in [0.2, 0.25) is 5.91 Å². The van der Waals surface area contributed by atoms with E-state index in [0.29, 0.717) is 13.0 Å². The van der Waals surface area contributed by atoms with Crippen LogP contribution in [0.4, 0.5) is 0 Å². The van der Waals surface area contributed by atoms with Gasteiger partial charge in [0.15, 0.2) is 0 Å². The zero-order valence-corrected chi connectivity index (χ0v) is 12.6. The first-order chi connectivity index (χ1) is 8.15. The molecule has 0 unspecified atom stereocenters. The van der Waals surface area contributed by atoms with Crippen LogP contribution in [-0.2, 0) is 17.8 Å². The Kier molecular flexibility index (Phi) is 4.36. The molecule has 0 bridgehead atoms. The molecule has 0 aliphatic heterocycles. The van der Waals surface area contributed by atoms with E-state index >= 15 is 0 Å². The third-order valence-electron chi connectivity index (χ3n) is 2.37. The molecule has 17 heavy (non-hydrogen) atoms. The summed E-state index contributed by atoms with van der Waals surface area (Å²) in [4.78, 5) is 14.8. The molecule has 0 radical (unpaired) electrons. The number of rotatable bonds is 4. The van der Waals surface area contributed by atoms with Crippen molar-refractivity contribution in [3.63, 3.8) is 0 Å². The molecule has 2 aromatic rings. The molecule has 1 amide bonds. The Balaban J connectivity index is 1.91. The molecule has 0 saturated heterocycles. The smallest absolute Gasteiger partial charge is 0.227 e. The number of hydrogen-bond donors (Lipinski definition) is 0. The topological polar surface area (TPSA) is 20.3 Å². The number of hydrogen-bond acceptors (Lipinski definition) is 3. The van der Waals surface area contributed by atoms with Crippen LogP contribution >= 0.6 is 38.6 Å². The van der Waals surface area contributed by atoms with E-state index in [1.54, 1.807) is 27.6 Å². The molecule has 0 aliphatic carbocycles. The van der Waals surface area contributed by atoms with E-state index in [9.17, 15) is 4.79 Å². The van der Waals surface area contributed by atoms with Gasteiger partial charge in [0.05, 0.1) is 10.2 Å². The molecular formula is C12H12BrNOS2. The first-order valence-electron chi connectivity index (χ1n) is 5.14. The number of halogens is 1. The second-order valence-corrected chi connectivity index (χ2v) is 7.09. The van der Waals surface area contributed by atoms with Gasteiger partial charge in [-0.1, -0.05) is 6.07 Å². The minimum Gasteiger partial charge on any atom is -0.341 e. The Morgan fingerprint density at radius 1 is 1.47 bits per heavy atom. The van der Waals surface area contributed by atoms with Gasteiger partial charge in [-0.25, -0.2) is 0 Å². The van der Waals surface area contributed by atoms with Crippen LogP contribution in [0.1, 0.15) is 10.4 Å². The van der Waals surface area contributed by atoms with E-state index in [4.69, 9.17) is 0 Å². The molecule has 2 rings (SSSR count). The molecule has 0 spiro atoms. The SMILES string of the molecule is CN(Cc1csc(Br)c1)C(=O)Cc1cccs1. The van der Waals surface area contributed by atoms with Gasteiger partial charge in [-0.15, -0.1) is 22.7 Å². The summed E-state index contributed by atoms with van der Waals surface area (Å²) in [7, 11) is 1.85. The van der Waals surface area contributed by atoms with Crippen molar-refractivity contribution < 1.29 is 4.79 Å². The Bertz CT molecular complexity index is 492. The Hall–Kier alpha value is -0.650. The van der Waals surface area contributed by atoms with E-state index in [0.717, 1.165) is 8.66 Å². The number of nitrogens with zero attached hydrogens (tertiary/aromatic N) is 1. The van der Waals surface area contributed by atoms with Gasteiger partial charge in [0.1, 0.15) is 0 Å². The number of carbonyl (C=O) groups is 1. The van der Waals surface area contributed by atoms with Crippen molar-refractivity contribution in [2.45, 2.75) is 13.0 Å². The van der Waals surface area contributed by atoms with Gasteiger partial charge in [0, 0.05) is 18.5 Å². The Morgan fingerprint density at radius 2 is 2.29 bits per heavy atom. The van der Waals surface area contributed by atoms with Crippen molar-refractivity contribution in [2.75, 3.05) is 7.05 Å². The van der Waals surface area contributed by atoms with Crippen molar-refractivity contribution in [2.24, 2.45) is 0 Å². The lowest BCUT2D eigenvalue weighted by molar-refractivity contribution is -0.129. The number of amides is 1. The van der Waals surface area contributed by atoms with Crippen molar-refractivity contribution >= 4 is 44.5 Å². The standard InChI is InChI=1S/C12H12BrNOS2/c1-14(7-9-5-11(13)17-8-9)12(15)6-10-3-2-4-16-10/h2-5,8H,6-7H2,1H3. The monoisotopic (exact) mass is 329 g/mol. The summed E-state index contributed by atoms with van der Waals surface area (Å²) in [6, 6.07) is 6.03. The number of likely N-dealkylation sites (N-methyl/N-ethyl adjacent to an activating group) is 1. The lowest BCUT2D eigenvalue weighted by atomic mass is 10.3. The van der Waals surface area contributed by atoms with E-state index < -0.39 is 0 Å². The number of carbonyl (C=O) groups excluding carboxylic acids is 1. The van der Waals surface area contributed by atoms with E-state index in [1.165, 1.54) is 5.56 Å². The summed E-state index contributed by atoms with van der Waals surface area (Å²) < 4.78 is 1.10. The van der Waals surface area contributed by atoms with Crippen LogP contribution < -0.4 is 0 Å². The first kappa shape index (κ1) is 12.8. The molecule has 5 heteroatoms. The van der Waals surface area contributed by atoms with Gasteiger partial charge in [-0.3, -0.25) is 4.79 Å². The molecule has 0 atom stereocenters. The highest BCUT2D eigenvalue weighted by atomic mass is 79.9.